The van der Waals surface area contributed by atoms with Crippen LogP contribution < -0.4 is 0 Å². The molecule has 0 aromatic rings. The lowest BCUT2D eigenvalue weighted by atomic mass is 9.85. The zero-order chi connectivity index (χ0) is 11.4. The molecule has 0 aliphatic carbocycles. The summed E-state index contributed by atoms with van der Waals surface area (Å²) in [5.74, 6) is -0.0570. The van der Waals surface area contributed by atoms with Crippen molar-refractivity contribution in [3.8, 4) is 0 Å². The summed E-state index contributed by atoms with van der Waals surface area (Å²) < 4.78 is 6.12. The molecule has 0 radical (unpaired) electrons. The molecule has 2 bridgehead atoms. The van der Waals surface area contributed by atoms with Crippen LogP contribution in [-0.4, -0.2) is 28.9 Å². The number of amides is 1. The molecular formula is C12H17NO3. The van der Waals surface area contributed by atoms with Crippen molar-refractivity contribution < 1.29 is 14.4 Å². The van der Waals surface area contributed by atoms with E-state index in [2.05, 4.69) is 0 Å². The third kappa shape index (κ3) is 1.09. The molecule has 0 saturated carbocycles. The van der Waals surface area contributed by atoms with Gasteiger partial charge in [-0.2, -0.15) is 5.06 Å². The van der Waals surface area contributed by atoms with Gasteiger partial charge in [-0.15, -0.1) is 0 Å². The molecule has 16 heavy (non-hydrogen) atoms. The van der Waals surface area contributed by atoms with Gasteiger partial charge in [0.05, 0.1) is 18.1 Å². The van der Waals surface area contributed by atoms with Gasteiger partial charge < -0.3 is 4.74 Å². The zero-order valence-electron chi connectivity index (χ0n) is 9.73. The van der Waals surface area contributed by atoms with Gasteiger partial charge in [-0.3, -0.25) is 9.63 Å². The van der Waals surface area contributed by atoms with E-state index in [0.29, 0.717) is 6.61 Å². The lowest BCUT2D eigenvalue weighted by Gasteiger charge is -2.50. The summed E-state index contributed by atoms with van der Waals surface area (Å²) in [5.41, 5.74) is -1.06. The van der Waals surface area contributed by atoms with E-state index >= 15 is 0 Å². The van der Waals surface area contributed by atoms with Crippen molar-refractivity contribution in [1.29, 1.82) is 0 Å². The van der Waals surface area contributed by atoms with E-state index < -0.39 is 11.3 Å². The second kappa shape index (κ2) is 3.08. The minimum absolute atomic E-state index is 0.0703. The maximum Gasteiger partial charge on any atom is 0.255 e. The predicted molar refractivity (Wildman–Crippen MR) is 57.2 cm³/mol. The maximum atomic E-state index is 12.3. The fraction of sp³-hybridized carbons (Fsp3) is 0.750. The second-order valence-electron chi connectivity index (χ2n) is 4.99. The fourth-order valence-electron chi connectivity index (χ4n) is 3.08. The first-order valence-electron chi connectivity index (χ1n) is 5.99. The highest BCUT2D eigenvalue weighted by atomic mass is 16.7. The first-order valence-corrected chi connectivity index (χ1v) is 5.99. The van der Waals surface area contributed by atoms with E-state index in [1.165, 1.54) is 5.06 Å². The second-order valence-corrected chi connectivity index (χ2v) is 4.99. The van der Waals surface area contributed by atoms with E-state index in [4.69, 9.17) is 9.57 Å². The zero-order valence-corrected chi connectivity index (χ0v) is 9.73. The number of nitrogens with zero attached hydrogens (tertiary/aromatic N) is 1. The molecule has 1 spiro atoms. The van der Waals surface area contributed by atoms with Crippen molar-refractivity contribution in [2.75, 3.05) is 6.61 Å². The van der Waals surface area contributed by atoms with Gasteiger partial charge in [0, 0.05) is 6.42 Å². The first-order chi connectivity index (χ1) is 7.61. The van der Waals surface area contributed by atoms with Gasteiger partial charge in [0.2, 0.25) is 0 Å². The topological polar surface area (TPSA) is 38.8 Å². The largest absolute Gasteiger partial charge is 0.338 e. The van der Waals surface area contributed by atoms with Crippen LogP contribution in [0.2, 0.25) is 0 Å². The third-order valence-corrected chi connectivity index (χ3v) is 3.91. The maximum absolute atomic E-state index is 12.3. The molecule has 1 amide bonds. The van der Waals surface area contributed by atoms with Gasteiger partial charge in [0.1, 0.15) is 0 Å². The SMILES string of the molecule is CC[C@@H]1C(=O)N2OCCC[C@]23C=C[C@@]1(C)O3. The highest BCUT2D eigenvalue weighted by molar-refractivity contribution is 5.82. The average Bonchev–Trinajstić information content (AvgIpc) is 2.54. The van der Waals surface area contributed by atoms with Gasteiger partial charge in [0.15, 0.2) is 5.72 Å². The van der Waals surface area contributed by atoms with E-state index in [1.807, 2.05) is 26.0 Å². The number of carbonyl (C=O) groups is 1. The minimum atomic E-state index is -0.615. The van der Waals surface area contributed by atoms with Crippen molar-refractivity contribution in [3.05, 3.63) is 12.2 Å². The van der Waals surface area contributed by atoms with E-state index in [1.54, 1.807) is 0 Å². The third-order valence-electron chi connectivity index (χ3n) is 3.91. The summed E-state index contributed by atoms with van der Waals surface area (Å²) in [4.78, 5) is 17.8. The molecule has 0 aromatic carbocycles. The summed E-state index contributed by atoms with van der Waals surface area (Å²) in [6.45, 7) is 4.62. The Morgan fingerprint density at radius 1 is 1.56 bits per heavy atom. The van der Waals surface area contributed by atoms with Crippen molar-refractivity contribution in [1.82, 2.24) is 5.06 Å². The van der Waals surface area contributed by atoms with Crippen LogP contribution in [0.15, 0.2) is 12.2 Å². The predicted octanol–water partition coefficient (Wildman–Crippen LogP) is 1.62. The van der Waals surface area contributed by atoms with E-state index in [-0.39, 0.29) is 11.8 Å². The standard InChI is InChI=1S/C12H17NO3/c1-3-9-10(14)13-12(5-4-8-15-13)7-6-11(9,2)16-12/h6-7,9H,3-5,8H2,1-2H3/t9-,11-,12+/m1/s1. The van der Waals surface area contributed by atoms with Gasteiger partial charge in [0.25, 0.3) is 5.91 Å². The smallest absolute Gasteiger partial charge is 0.255 e. The average molecular weight is 223 g/mol. The molecule has 4 nitrogen and oxygen atoms in total. The number of hydrogen-bond donors (Lipinski definition) is 0. The monoisotopic (exact) mass is 223 g/mol. The van der Waals surface area contributed by atoms with E-state index in [9.17, 15) is 4.79 Å². The lowest BCUT2D eigenvalue weighted by molar-refractivity contribution is -0.335. The molecule has 3 aliphatic heterocycles. The minimum Gasteiger partial charge on any atom is -0.338 e. The number of rotatable bonds is 1. The molecular weight excluding hydrogens is 206 g/mol. The van der Waals surface area contributed by atoms with Crippen molar-refractivity contribution >= 4 is 5.91 Å². The van der Waals surface area contributed by atoms with Crippen LogP contribution in [0.4, 0.5) is 0 Å². The molecule has 0 N–H and O–H groups in total. The van der Waals surface area contributed by atoms with Crippen LogP contribution in [0.3, 0.4) is 0 Å². The fourth-order valence-corrected chi connectivity index (χ4v) is 3.08. The van der Waals surface area contributed by atoms with Crippen LogP contribution in [0.25, 0.3) is 0 Å². The molecule has 88 valence electrons. The summed E-state index contributed by atoms with van der Waals surface area (Å²) in [6, 6.07) is 0. The molecule has 3 heterocycles. The molecule has 0 aromatic heterocycles. The van der Waals surface area contributed by atoms with Gasteiger partial charge in [-0.25, -0.2) is 0 Å². The molecule has 3 rings (SSSR count). The highest BCUT2D eigenvalue weighted by Crippen LogP contribution is 2.49. The Kier molecular flexibility index (Phi) is 1.98. The summed E-state index contributed by atoms with van der Waals surface area (Å²) >= 11 is 0. The van der Waals surface area contributed by atoms with Crippen LogP contribution in [0, 0.1) is 5.92 Å². The highest BCUT2D eigenvalue weighted by Gasteiger charge is 2.60. The van der Waals surface area contributed by atoms with Crippen molar-refractivity contribution in [2.24, 2.45) is 5.92 Å². The normalized spacial score (nSPS) is 46.0. The van der Waals surface area contributed by atoms with E-state index in [0.717, 1.165) is 19.3 Å². The Hall–Kier alpha value is -0.870. The number of hydroxylamine groups is 2. The number of ether oxygens (including phenoxy) is 1. The van der Waals surface area contributed by atoms with Crippen molar-refractivity contribution in [2.45, 2.75) is 44.4 Å². The number of hydrogen-bond acceptors (Lipinski definition) is 3. The Morgan fingerprint density at radius 2 is 2.38 bits per heavy atom. The molecule has 0 unspecified atom stereocenters. The summed E-state index contributed by atoms with van der Waals surface area (Å²) in [5, 5.41) is 1.47. The quantitative estimate of drug-likeness (QED) is 0.634. The lowest BCUT2D eigenvalue weighted by Crippen LogP contribution is -2.64. The Balaban J connectivity index is 2.04. The number of carbonyl (C=O) groups excluding carboxylic acids is 1. The van der Waals surface area contributed by atoms with Crippen LogP contribution in [0.1, 0.15) is 33.1 Å². The molecule has 3 aliphatic rings. The number of fused-ring (bicyclic) bond motifs is 1. The van der Waals surface area contributed by atoms with Crippen LogP contribution >= 0.6 is 0 Å². The van der Waals surface area contributed by atoms with Gasteiger partial charge in [-0.05, 0) is 25.8 Å². The Bertz CT molecular complexity index is 367. The van der Waals surface area contributed by atoms with Gasteiger partial charge in [-0.1, -0.05) is 13.0 Å². The first kappa shape index (κ1) is 10.3. The van der Waals surface area contributed by atoms with Gasteiger partial charge >= 0.3 is 0 Å². The summed E-state index contributed by atoms with van der Waals surface area (Å²) in [7, 11) is 0. The molecule has 4 heteroatoms. The summed E-state index contributed by atoms with van der Waals surface area (Å²) in [6.07, 6.45) is 6.57. The van der Waals surface area contributed by atoms with Crippen LogP contribution in [-0.2, 0) is 14.4 Å². The Morgan fingerprint density at radius 3 is 3.12 bits per heavy atom. The molecule has 2 fully saturated rings. The Labute approximate surface area is 95.1 Å². The van der Waals surface area contributed by atoms with Crippen LogP contribution in [0.5, 0.6) is 0 Å². The van der Waals surface area contributed by atoms with Crippen molar-refractivity contribution in [3.63, 3.8) is 0 Å². The molecule has 3 atom stereocenters. The molecule has 2 saturated heterocycles.